The number of pyridine rings is 1. The lowest BCUT2D eigenvalue weighted by atomic mass is 10.1. The zero-order chi connectivity index (χ0) is 14.5. The Hall–Kier alpha value is -3.07. The third-order valence-corrected chi connectivity index (χ3v) is 4.13. The van der Waals surface area contributed by atoms with E-state index in [2.05, 4.69) is 33.8 Å². The van der Waals surface area contributed by atoms with Gasteiger partial charge in [-0.05, 0) is 24.3 Å². The van der Waals surface area contributed by atoms with Crippen LogP contribution in [-0.2, 0) is 0 Å². The minimum atomic E-state index is 0.861. The lowest BCUT2D eigenvalue weighted by Gasteiger charge is -2.06. The van der Waals surface area contributed by atoms with Crippen molar-refractivity contribution >= 4 is 32.9 Å². The minimum Gasteiger partial charge on any atom is -0.447 e. The van der Waals surface area contributed by atoms with E-state index in [1.54, 1.807) is 6.26 Å². The number of benzene rings is 2. The molecule has 0 saturated carbocycles. The van der Waals surface area contributed by atoms with Gasteiger partial charge < -0.3 is 4.42 Å². The highest BCUT2D eigenvalue weighted by atomic mass is 16.3. The smallest absolute Gasteiger partial charge is 0.212 e. The SMILES string of the molecule is c1ccc(-n2c3cnc4ccccc4c3c3ccoc32)cc1. The van der Waals surface area contributed by atoms with E-state index in [0.717, 1.165) is 33.2 Å². The molecule has 0 radical (unpaired) electrons. The Bertz CT molecular complexity index is 1120. The van der Waals surface area contributed by atoms with Gasteiger partial charge in [-0.3, -0.25) is 9.55 Å². The number of hydrogen-bond donors (Lipinski definition) is 0. The maximum atomic E-state index is 5.77. The molecule has 0 aliphatic rings. The standard InChI is InChI=1S/C19H12N2O/c1-2-6-13(7-3-1)21-17-12-20-16-9-5-4-8-14(16)18(17)15-10-11-22-19(15)21/h1-12H. The highest BCUT2D eigenvalue weighted by molar-refractivity contribution is 6.19. The average molecular weight is 284 g/mol. The van der Waals surface area contributed by atoms with Crippen LogP contribution in [0.5, 0.6) is 0 Å². The number of aromatic nitrogens is 2. The number of fused-ring (bicyclic) bond motifs is 5. The van der Waals surface area contributed by atoms with Crippen molar-refractivity contribution < 1.29 is 4.42 Å². The van der Waals surface area contributed by atoms with E-state index in [9.17, 15) is 0 Å². The largest absolute Gasteiger partial charge is 0.447 e. The van der Waals surface area contributed by atoms with Gasteiger partial charge in [0.25, 0.3) is 0 Å². The molecule has 3 heterocycles. The second-order valence-corrected chi connectivity index (χ2v) is 5.35. The molecule has 3 aromatic heterocycles. The summed E-state index contributed by atoms with van der Waals surface area (Å²) in [5.41, 5.74) is 4.01. The van der Waals surface area contributed by atoms with Gasteiger partial charge in [-0.2, -0.15) is 0 Å². The van der Waals surface area contributed by atoms with Crippen LogP contribution in [0.4, 0.5) is 0 Å². The van der Waals surface area contributed by atoms with Gasteiger partial charge in [0.2, 0.25) is 5.71 Å². The number of hydrogen-bond acceptors (Lipinski definition) is 2. The van der Waals surface area contributed by atoms with Gasteiger partial charge in [0.05, 0.1) is 23.5 Å². The second-order valence-electron chi connectivity index (χ2n) is 5.35. The maximum Gasteiger partial charge on any atom is 0.212 e. The fraction of sp³-hybridized carbons (Fsp3) is 0. The van der Waals surface area contributed by atoms with Crippen LogP contribution in [0, 0.1) is 0 Å². The van der Waals surface area contributed by atoms with Crippen LogP contribution in [0.1, 0.15) is 0 Å². The minimum absolute atomic E-state index is 0.861. The third kappa shape index (κ3) is 1.42. The molecular formula is C19H12N2O. The zero-order valence-corrected chi connectivity index (χ0v) is 11.7. The molecule has 104 valence electrons. The molecule has 3 nitrogen and oxygen atoms in total. The van der Waals surface area contributed by atoms with Crippen molar-refractivity contribution in [2.75, 3.05) is 0 Å². The van der Waals surface area contributed by atoms with Crippen molar-refractivity contribution in [3.63, 3.8) is 0 Å². The Balaban J connectivity index is 2.05. The summed E-state index contributed by atoms with van der Waals surface area (Å²) in [7, 11) is 0. The molecule has 0 fully saturated rings. The molecule has 3 heteroatoms. The first-order valence-electron chi connectivity index (χ1n) is 7.24. The lowest BCUT2D eigenvalue weighted by molar-refractivity contribution is 0.596. The molecular weight excluding hydrogens is 272 g/mol. The molecule has 22 heavy (non-hydrogen) atoms. The van der Waals surface area contributed by atoms with Crippen LogP contribution in [0.2, 0.25) is 0 Å². The van der Waals surface area contributed by atoms with E-state index >= 15 is 0 Å². The summed E-state index contributed by atoms with van der Waals surface area (Å²) in [6.45, 7) is 0. The van der Waals surface area contributed by atoms with Crippen molar-refractivity contribution in [1.29, 1.82) is 0 Å². The summed E-state index contributed by atoms with van der Waals surface area (Å²) in [6.07, 6.45) is 3.68. The van der Waals surface area contributed by atoms with E-state index in [0.29, 0.717) is 0 Å². The summed E-state index contributed by atoms with van der Waals surface area (Å²) < 4.78 is 7.90. The van der Waals surface area contributed by atoms with Crippen LogP contribution in [0.25, 0.3) is 38.6 Å². The van der Waals surface area contributed by atoms with Crippen molar-refractivity contribution in [3.8, 4) is 5.69 Å². The summed E-state index contributed by atoms with van der Waals surface area (Å²) in [6, 6.07) is 20.5. The molecule has 0 spiro atoms. The molecule has 0 aliphatic carbocycles. The van der Waals surface area contributed by atoms with E-state index in [1.165, 1.54) is 5.39 Å². The number of rotatable bonds is 1. The highest BCUT2D eigenvalue weighted by Gasteiger charge is 2.17. The molecule has 0 amide bonds. The number of furan rings is 1. The topological polar surface area (TPSA) is 31.0 Å². The van der Waals surface area contributed by atoms with Gasteiger partial charge in [-0.25, -0.2) is 0 Å². The molecule has 0 aliphatic heterocycles. The first-order chi connectivity index (χ1) is 10.9. The molecule has 0 unspecified atom stereocenters. The lowest BCUT2D eigenvalue weighted by Crippen LogP contribution is -1.93. The third-order valence-electron chi connectivity index (χ3n) is 4.13. The van der Waals surface area contributed by atoms with E-state index < -0.39 is 0 Å². The molecule has 5 rings (SSSR count). The molecule has 0 saturated heterocycles. The van der Waals surface area contributed by atoms with E-state index in [4.69, 9.17) is 4.42 Å². The highest BCUT2D eigenvalue weighted by Crippen LogP contribution is 2.36. The van der Waals surface area contributed by atoms with Crippen molar-refractivity contribution in [1.82, 2.24) is 9.55 Å². The van der Waals surface area contributed by atoms with Gasteiger partial charge in [0.15, 0.2) is 0 Å². The zero-order valence-electron chi connectivity index (χ0n) is 11.7. The summed E-state index contributed by atoms with van der Waals surface area (Å²) in [5, 5.41) is 3.47. The van der Waals surface area contributed by atoms with Crippen molar-refractivity contribution in [3.05, 3.63) is 73.1 Å². The molecule has 2 aromatic carbocycles. The van der Waals surface area contributed by atoms with Gasteiger partial charge in [-0.1, -0.05) is 36.4 Å². The fourth-order valence-electron chi connectivity index (χ4n) is 3.19. The molecule has 0 bridgehead atoms. The van der Waals surface area contributed by atoms with Crippen LogP contribution < -0.4 is 0 Å². The second kappa shape index (κ2) is 4.21. The summed E-state index contributed by atoms with van der Waals surface area (Å²) >= 11 is 0. The van der Waals surface area contributed by atoms with Crippen molar-refractivity contribution in [2.45, 2.75) is 0 Å². The molecule has 0 N–H and O–H groups in total. The summed E-state index contributed by atoms with van der Waals surface area (Å²) in [4.78, 5) is 4.61. The van der Waals surface area contributed by atoms with Crippen LogP contribution in [0.15, 0.2) is 77.5 Å². The number of para-hydroxylation sites is 2. The maximum absolute atomic E-state index is 5.77. The Kier molecular flexibility index (Phi) is 2.22. The Morgan fingerprint density at radius 3 is 2.55 bits per heavy atom. The van der Waals surface area contributed by atoms with Crippen LogP contribution >= 0.6 is 0 Å². The first-order valence-corrected chi connectivity index (χ1v) is 7.24. The van der Waals surface area contributed by atoms with Crippen molar-refractivity contribution in [2.24, 2.45) is 0 Å². The molecule has 5 aromatic rings. The predicted molar refractivity (Wildman–Crippen MR) is 88.3 cm³/mol. The quantitative estimate of drug-likeness (QED) is 0.437. The normalized spacial score (nSPS) is 11.6. The van der Waals surface area contributed by atoms with Crippen LogP contribution in [-0.4, -0.2) is 9.55 Å². The van der Waals surface area contributed by atoms with Gasteiger partial charge >= 0.3 is 0 Å². The Labute approximate surface area is 126 Å². The molecule has 0 atom stereocenters. The van der Waals surface area contributed by atoms with Gasteiger partial charge in [-0.15, -0.1) is 0 Å². The summed E-state index contributed by atoms with van der Waals surface area (Å²) in [5.74, 6) is 0. The first kappa shape index (κ1) is 11.6. The monoisotopic (exact) mass is 284 g/mol. The average Bonchev–Trinajstić information content (AvgIpc) is 3.15. The predicted octanol–water partition coefficient (Wildman–Crippen LogP) is 4.92. The number of nitrogens with zero attached hydrogens (tertiary/aromatic N) is 2. The van der Waals surface area contributed by atoms with Crippen LogP contribution in [0.3, 0.4) is 0 Å². The van der Waals surface area contributed by atoms with E-state index in [-0.39, 0.29) is 0 Å². The van der Waals surface area contributed by atoms with E-state index in [1.807, 2.05) is 42.6 Å². The fourth-order valence-corrected chi connectivity index (χ4v) is 3.19. The van der Waals surface area contributed by atoms with Gasteiger partial charge in [0.1, 0.15) is 0 Å². The Morgan fingerprint density at radius 2 is 1.64 bits per heavy atom. The Morgan fingerprint density at radius 1 is 0.818 bits per heavy atom. The van der Waals surface area contributed by atoms with Gasteiger partial charge in [0, 0.05) is 21.8 Å².